The van der Waals surface area contributed by atoms with Crippen LogP contribution in [0.3, 0.4) is 0 Å². The van der Waals surface area contributed by atoms with Crippen molar-refractivity contribution in [2.45, 2.75) is 68.7 Å². The number of carbonyl (C=O) groups is 1. The average molecular weight is 530 g/mol. The third kappa shape index (κ3) is 5.61. The van der Waals surface area contributed by atoms with Crippen LogP contribution in [-0.2, 0) is 14.8 Å². The molecule has 1 saturated heterocycles. The number of piperidine rings is 1. The molecule has 9 heteroatoms. The van der Waals surface area contributed by atoms with Gasteiger partial charge in [0.25, 0.3) is 0 Å². The van der Waals surface area contributed by atoms with Crippen molar-refractivity contribution in [2.24, 2.45) is 5.92 Å². The Kier molecular flexibility index (Phi) is 7.37. The number of aromatic nitrogens is 1. The highest BCUT2D eigenvalue weighted by molar-refractivity contribution is 7.89. The van der Waals surface area contributed by atoms with Gasteiger partial charge in [-0.3, -0.25) is 4.79 Å². The van der Waals surface area contributed by atoms with Gasteiger partial charge in [0.15, 0.2) is 11.5 Å². The maximum Gasteiger partial charge on any atom is 0.243 e. The number of hydrogen-bond acceptors (Lipinski definition) is 5. The van der Waals surface area contributed by atoms with Gasteiger partial charge in [-0.25, -0.2) is 13.4 Å². The summed E-state index contributed by atoms with van der Waals surface area (Å²) < 4.78 is 33.3. The van der Waals surface area contributed by atoms with Crippen LogP contribution in [-0.4, -0.2) is 42.7 Å². The maximum absolute atomic E-state index is 12.9. The van der Waals surface area contributed by atoms with Gasteiger partial charge in [-0.15, -0.1) is 0 Å². The number of hydrogen-bond donors (Lipinski definition) is 1. The van der Waals surface area contributed by atoms with Crippen molar-refractivity contribution >= 4 is 38.6 Å². The molecule has 3 aromatic rings. The van der Waals surface area contributed by atoms with Crippen molar-refractivity contribution in [2.75, 3.05) is 13.1 Å². The minimum absolute atomic E-state index is 0.0646. The van der Waals surface area contributed by atoms with Gasteiger partial charge in [0.1, 0.15) is 5.52 Å². The molecule has 2 fully saturated rings. The smallest absolute Gasteiger partial charge is 0.243 e. The number of nitrogens with one attached hydrogen (secondary N) is 1. The van der Waals surface area contributed by atoms with Crippen LogP contribution in [0.2, 0.25) is 5.02 Å². The van der Waals surface area contributed by atoms with Gasteiger partial charge in [-0.05, 0) is 81.7 Å². The van der Waals surface area contributed by atoms with Crippen molar-refractivity contribution in [3.63, 3.8) is 0 Å². The highest BCUT2D eigenvalue weighted by Gasteiger charge is 2.31. The van der Waals surface area contributed by atoms with Gasteiger partial charge in [0.2, 0.25) is 15.9 Å². The second-order valence-electron chi connectivity index (χ2n) is 10.1. The van der Waals surface area contributed by atoms with E-state index in [1.165, 1.54) is 0 Å². The number of aryl methyl sites for hydroxylation is 1. The molecule has 5 rings (SSSR count). The molecule has 0 bridgehead atoms. The fourth-order valence-corrected chi connectivity index (χ4v) is 6.98. The molecule has 1 aliphatic carbocycles. The van der Waals surface area contributed by atoms with Crippen molar-refractivity contribution in [1.29, 1.82) is 0 Å². The summed E-state index contributed by atoms with van der Waals surface area (Å²) in [6.07, 6.45) is 5.47. The maximum atomic E-state index is 12.9. The van der Waals surface area contributed by atoms with Gasteiger partial charge in [0.05, 0.1) is 4.90 Å². The standard InChI is InChI=1S/C27H32ClN3O4S/c1-18-2-9-23(10-3-18)36(33,34)31-14-12-19(13-15-31)16-26(32)29-22-7-4-20(5-8-22)27-30-24-17-21(28)6-11-25(24)35-27/h2-3,6,9-11,17,19-20,22H,4-5,7-8,12-16H2,1H3,(H,29,32). The molecular weight excluding hydrogens is 498 g/mol. The summed E-state index contributed by atoms with van der Waals surface area (Å²) in [5, 5.41) is 3.85. The Labute approximate surface area is 217 Å². The molecule has 2 aromatic carbocycles. The lowest BCUT2D eigenvalue weighted by Gasteiger charge is -2.32. The molecule has 1 aliphatic heterocycles. The van der Waals surface area contributed by atoms with E-state index in [-0.39, 0.29) is 23.8 Å². The summed E-state index contributed by atoms with van der Waals surface area (Å²) in [7, 11) is -3.48. The zero-order valence-electron chi connectivity index (χ0n) is 20.5. The number of benzene rings is 2. The van der Waals surface area contributed by atoms with Gasteiger partial charge in [-0.1, -0.05) is 29.3 Å². The predicted molar refractivity (Wildman–Crippen MR) is 139 cm³/mol. The van der Waals surface area contributed by atoms with Gasteiger partial charge in [-0.2, -0.15) is 4.31 Å². The van der Waals surface area contributed by atoms with Crippen LogP contribution in [0.15, 0.2) is 51.8 Å². The van der Waals surface area contributed by atoms with Crippen LogP contribution >= 0.6 is 11.6 Å². The highest BCUT2D eigenvalue weighted by Crippen LogP contribution is 2.35. The van der Waals surface area contributed by atoms with Crippen LogP contribution in [0.25, 0.3) is 11.1 Å². The monoisotopic (exact) mass is 529 g/mol. The molecule has 7 nitrogen and oxygen atoms in total. The number of fused-ring (bicyclic) bond motifs is 1. The van der Waals surface area contributed by atoms with Crippen LogP contribution in [0.5, 0.6) is 0 Å². The topological polar surface area (TPSA) is 92.5 Å². The second-order valence-corrected chi connectivity index (χ2v) is 12.5. The van der Waals surface area contributed by atoms with Gasteiger partial charge < -0.3 is 9.73 Å². The van der Waals surface area contributed by atoms with E-state index in [0.29, 0.717) is 42.3 Å². The average Bonchev–Trinajstić information content (AvgIpc) is 3.28. The summed E-state index contributed by atoms with van der Waals surface area (Å²) >= 11 is 6.06. The molecule has 1 amide bonds. The minimum atomic E-state index is -3.48. The van der Waals surface area contributed by atoms with Crippen molar-refractivity contribution in [3.8, 4) is 0 Å². The molecule has 0 radical (unpaired) electrons. The zero-order valence-corrected chi connectivity index (χ0v) is 22.0. The Balaban J connectivity index is 1.07. The third-order valence-electron chi connectivity index (χ3n) is 7.51. The molecule has 1 aromatic heterocycles. The Morgan fingerprint density at radius 3 is 2.44 bits per heavy atom. The van der Waals surface area contributed by atoms with Crippen molar-refractivity contribution in [3.05, 3.63) is 58.9 Å². The number of rotatable bonds is 6. The molecular formula is C27H32ClN3O4S. The van der Waals surface area contributed by atoms with Crippen LogP contribution in [0.4, 0.5) is 0 Å². The van der Waals surface area contributed by atoms with E-state index in [9.17, 15) is 13.2 Å². The number of nitrogens with zero attached hydrogens (tertiary/aromatic N) is 2. The first-order chi connectivity index (χ1) is 17.3. The normalized spacial score (nSPS) is 22.1. The van der Waals surface area contributed by atoms with E-state index in [1.807, 2.05) is 31.2 Å². The van der Waals surface area contributed by atoms with Crippen LogP contribution in [0.1, 0.15) is 62.3 Å². The van der Waals surface area contributed by atoms with E-state index in [0.717, 1.165) is 48.2 Å². The van der Waals surface area contributed by atoms with E-state index >= 15 is 0 Å². The number of sulfonamides is 1. The lowest BCUT2D eigenvalue weighted by atomic mass is 9.85. The summed E-state index contributed by atoms with van der Waals surface area (Å²) in [5.74, 6) is 1.28. The molecule has 36 heavy (non-hydrogen) atoms. The van der Waals surface area contributed by atoms with E-state index in [1.54, 1.807) is 22.5 Å². The molecule has 192 valence electrons. The lowest BCUT2D eigenvalue weighted by Crippen LogP contribution is -2.41. The van der Waals surface area contributed by atoms with E-state index in [4.69, 9.17) is 16.0 Å². The van der Waals surface area contributed by atoms with Crippen LogP contribution < -0.4 is 5.32 Å². The fourth-order valence-electron chi connectivity index (χ4n) is 5.34. The molecule has 0 atom stereocenters. The molecule has 2 heterocycles. The summed E-state index contributed by atoms with van der Waals surface area (Å²) in [4.78, 5) is 17.7. The Morgan fingerprint density at radius 2 is 1.75 bits per heavy atom. The van der Waals surface area contributed by atoms with E-state index < -0.39 is 10.0 Å². The van der Waals surface area contributed by atoms with Crippen molar-refractivity contribution in [1.82, 2.24) is 14.6 Å². The molecule has 2 aliphatic rings. The first-order valence-corrected chi connectivity index (χ1v) is 14.5. The largest absolute Gasteiger partial charge is 0.440 e. The predicted octanol–water partition coefficient (Wildman–Crippen LogP) is 5.42. The number of oxazole rings is 1. The molecule has 0 spiro atoms. The third-order valence-corrected chi connectivity index (χ3v) is 9.66. The number of amides is 1. The van der Waals surface area contributed by atoms with Crippen LogP contribution in [0, 0.1) is 12.8 Å². The quantitative estimate of drug-likeness (QED) is 0.460. The number of halogens is 1. The van der Waals surface area contributed by atoms with Gasteiger partial charge in [0, 0.05) is 36.5 Å². The lowest BCUT2D eigenvalue weighted by molar-refractivity contribution is -0.123. The Morgan fingerprint density at radius 1 is 1.06 bits per heavy atom. The Bertz CT molecular complexity index is 1320. The Hall–Kier alpha value is -2.42. The summed E-state index contributed by atoms with van der Waals surface area (Å²) in [6, 6.07) is 12.6. The minimum Gasteiger partial charge on any atom is -0.440 e. The molecule has 1 N–H and O–H groups in total. The molecule has 0 unspecified atom stereocenters. The summed E-state index contributed by atoms with van der Waals surface area (Å²) in [5.41, 5.74) is 2.57. The van der Waals surface area contributed by atoms with Crippen molar-refractivity contribution < 1.29 is 17.6 Å². The number of carbonyl (C=O) groups excluding carboxylic acids is 1. The zero-order chi connectivity index (χ0) is 25.3. The molecule has 1 saturated carbocycles. The summed E-state index contributed by atoms with van der Waals surface area (Å²) in [6.45, 7) is 2.84. The first kappa shape index (κ1) is 25.2. The van der Waals surface area contributed by atoms with Gasteiger partial charge >= 0.3 is 0 Å². The highest BCUT2D eigenvalue weighted by atomic mass is 35.5. The second kappa shape index (κ2) is 10.5. The SMILES string of the molecule is Cc1ccc(S(=O)(=O)N2CCC(CC(=O)NC3CCC(c4nc5cc(Cl)ccc5o4)CC3)CC2)cc1. The first-order valence-electron chi connectivity index (χ1n) is 12.7. The fraction of sp³-hybridized carbons (Fsp3) is 0.481. The van der Waals surface area contributed by atoms with E-state index in [2.05, 4.69) is 10.3 Å².